The fourth-order valence-corrected chi connectivity index (χ4v) is 30.5. The van der Waals surface area contributed by atoms with Crippen molar-refractivity contribution >= 4 is 151 Å². The molecule has 0 atom stereocenters. The van der Waals surface area contributed by atoms with Gasteiger partial charge in [0.15, 0.2) is 0 Å². The molecule has 5 aromatic rings. The number of rotatable bonds is 6. The third-order valence-electron chi connectivity index (χ3n) is 7.12. The SMILES string of the molecule is [CH3][Sn]([CH3])([CH3])[c]1ccc(-c2c3c[c]([Sn]([CH3])([CH3])[CH3])sc3c(-c3cc[c]([Sn]([CH3])([CH3])[CH3])s3)c3c[c]([Sn]([CH3])([CH3])[CH3])sc23)s1. The second kappa shape index (κ2) is 10.7. The van der Waals surface area contributed by atoms with E-state index in [-0.39, 0.29) is 0 Å². The van der Waals surface area contributed by atoms with Crippen molar-refractivity contribution in [3.63, 3.8) is 0 Å². The summed E-state index contributed by atoms with van der Waals surface area (Å²) in [6.45, 7) is 0. The van der Waals surface area contributed by atoms with Gasteiger partial charge in [0.25, 0.3) is 0 Å². The third-order valence-corrected chi connectivity index (χ3v) is 49.5. The molecule has 202 valence electrons. The first-order valence-corrected chi connectivity index (χ1v) is 56.8. The Bertz CT molecular complexity index is 1470. The zero-order chi connectivity index (χ0) is 28.0. The van der Waals surface area contributed by atoms with Gasteiger partial charge in [0, 0.05) is 0 Å². The normalized spacial score (nSPS) is 13.8. The Labute approximate surface area is 262 Å². The zero-order valence-corrected chi connectivity index (χ0v) is 39.8. The molecule has 4 heterocycles. The monoisotopic (exact) mass is 1010 g/mol. The molecular weight excluding hydrogens is 963 g/mol. The van der Waals surface area contributed by atoms with Crippen LogP contribution in [0.15, 0.2) is 36.4 Å². The van der Waals surface area contributed by atoms with E-state index in [4.69, 9.17) is 0 Å². The topological polar surface area (TPSA) is 0 Å². The molecule has 0 spiro atoms. The van der Waals surface area contributed by atoms with Crippen molar-refractivity contribution in [1.29, 1.82) is 0 Å². The molecule has 0 bridgehead atoms. The van der Waals surface area contributed by atoms with Crippen LogP contribution >= 0.6 is 45.3 Å². The zero-order valence-electron chi connectivity index (χ0n) is 25.1. The maximum atomic E-state index is 2.66. The average Bonchev–Trinajstić information content (AvgIpc) is 3.54. The number of fused-ring (bicyclic) bond motifs is 2. The van der Waals surface area contributed by atoms with Gasteiger partial charge in [0.1, 0.15) is 0 Å². The Morgan fingerprint density at radius 1 is 0.395 bits per heavy atom. The van der Waals surface area contributed by atoms with Gasteiger partial charge >= 0.3 is 267 Å². The summed E-state index contributed by atoms with van der Waals surface area (Å²) in [5.41, 5.74) is 3.12. The van der Waals surface area contributed by atoms with Crippen molar-refractivity contribution in [3.8, 4) is 20.9 Å². The van der Waals surface area contributed by atoms with E-state index in [1.807, 2.05) is 0 Å². The molecule has 0 aliphatic carbocycles. The summed E-state index contributed by atoms with van der Waals surface area (Å²) in [7, 11) is 0. The summed E-state index contributed by atoms with van der Waals surface area (Å²) in [6, 6.07) is 15.2. The van der Waals surface area contributed by atoms with Crippen LogP contribution in [0.1, 0.15) is 0 Å². The van der Waals surface area contributed by atoms with Crippen molar-refractivity contribution in [3.05, 3.63) is 36.4 Å². The molecule has 8 heteroatoms. The van der Waals surface area contributed by atoms with Crippen LogP contribution in [0.25, 0.3) is 41.1 Å². The summed E-state index contributed by atoms with van der Waals surface area (Å²) in [5, 5.41) is 3.09. The Hall–Kier alpha value is 1.73. The number of hydrogen-bond donors (Lipinski definition) is 0. The minimum atomic E-state index is -2.26. The summed E-state index contributed by atoms with van der Waals surface area (Å²) in [5.74, 6) is 0. The van der Waals surface area contributed by atoms with Crippen LogP contribution in [0.3, 0.4) is 0 Å². The second-order valence-electron chi connectivity index (χ2n) is 14.8. The van der Waals surface area contributed by atoms with Crippen molar-refractivity contribution in [1.82, 2.24) is 0 Å². The van der Waals surface area contributed by atoms with Gasteiger partial charge in [0.05, 0.1) is 0 Å². The van der Waals surface area contributed by atoms with E-state index in [2.05, 4.69) is 141 Å². The Morgan fingerprint density at radius 3 is 0.974 bits per heavy atom. The molecule has 1 aromatic carbocycles. The van der Waals surface area contributed by atoms with E-state index in [1.165, 1.54) is 9.75 Å². The van der Waals surface area contributed by atoms with E-state index in [9.17, 15) is 0 Å². The van der Waals surface area contributed by atoms with E-state index < -0.39 is 73.5 Å². The molecule has 0 radical (unpaired) electrons. The van der Waals surface area contributed by atoms with E-state index in [0.717, 1.165) is 0 Å². The molecule has 0 aliphatic heterocycles. The fraction of sp³-hybridized carbons (Fsp3) is 0.400. The Balaban J connectivity index is 1.94. The van der Waals surface area contributed by atoms with E-state index in [1.54, 1.807) is 42.9 Å². The van der Waals surface area contributed by atoms with Gasteiger partial charge < -0.3 is 0 Å². The van der Waals surface area contributed by atoms with Gasteiger partial charge in [-0.05, 0) is 0 Å². The van der Waals surface area contributed by atoms with Crippen molar-refractivity contribution < 1.29 is 0 Å². The van der Waals surface area contributed by atoms with E-state index in [0.29, 0.717) is 0 Å². The summed E-state index contributed by atoms with van der Waals surface area (Å²) >= 11 is -0.278. The molecule has 0 nitrogen and oxygen atoms in total. The van der Waals surface area contributed by atoms with Crippen molar-refractivity contribution in [2.75, 3.05) is 0 Å². The maximum absolute atomic E-state index is 2.66. The first kappa shape index (κ1) is 31.2. The van der Waals surface area contributed by atoms with Crippen LogP contribution in [0.2, 0.25) is 59.3 Å². The first-order chi connectivity index (χ1) is 17.4. The Morgan fingerprint density at radius 2 is 0.711 bits per heavy atom. The Kier molecular flexibility index (Phi) is 8.79. The fourth-order valence-electron chi connectivity index (χ4n) is 4.75. The van der Waals surface area contributed by atoms with Crippen LogP contribution in [0.4, 0.5) is 0 Å². The van der Waals surface area contributed by atoms with Gasteiger partial charge in [-0.1, -0.05) is 0 Å². The summed E-state index contributed by atoms with van der Waals surface area (Å²) < 4.78 is 9.94. The molecule has 4 aromatic heterocycles. The first-order valence-electron chi connectivity index (χ1n) is 13.6. The molecule has 0 amide bonds. The van der Waals surface area contributed by atoms with Crippen LogP contribution in [-0.2, 0) is 0 Å². The van der Waals surface area contributed by atoms with Gasteiger partial charge in [-0.3, -0.25) is 0 Å². The van der Waals surface area contributed by atoms with Crippen LogP contribution < -0.4 is 11.6 Å². The van der Waals surface area contributed by atoms with Crippen LogP contribution in [0.5, 0.6) is 0 Å². The molecule has 38 heavy (non-hydrogen) atoms. The second-order valence-corrected chi connectivity index (χ2v) is 80.7. The number of hydrogen-bond acceptors (Lipinski definition) is 4. The van der Waals surface area contributed by atoms with Gasteiger partial charge in [-0.2, -0.15) is 0 Å². The number of benzene rings is 1. The van der Waals surface area contributed by atoms with Gasteiger partial charge in [0.2, 0.25) is 0 Å². The van der Waals surface area contributed by atoms with Crippen molar-refractivity contribution in [2.24, 2.45) is 0 Å². The van der Waals surface area contributed by atoms with Crippen molar-refractivity contribution in [2.45, 2.75) is 59.3 Å². The molecular formula is C30H42S4Sn4. The minimum absolute atomic E-state index is 1.51. The van der Waals surface area contributed by atoms with Gasteiger partial charge in [-0.15, -0.1) is 0 Å². The molecule has 0 saturated heterocycles. The van der Waals surface area contributed by atoms with E-state index >= 15 is 0 Å². The molecule has 0 aliphatic rings. The molecule has 0 unspecified atom stereocenters. The van der Waals surface area contributed by atoms with Crippen LogP contribution in [-0.4, -0.2) is 73.5 Å². The summed E-state index contributed by atoms with van der Waals surface area (Å²) in [6.07, 6.45) is 0. The predicted octanol–water partition coefficient (Wildman–Crippen LogP) is 9.75. The summed E-state index contributed by atoms with van der Waals surface area (Å²) in [4.78, 5) is 33.9. The third kappa shape index (κ3) is 6.05. The standard InChI is InChI=1S/C18H6S4.12CH3.4Sn/c1-3-13(19-7-1)15-11-5-9-22-18(11)16(14-4-2-8-20-14)12-6-10-21-17(12)15;;;;;;;;;;;;;;;;/h1-6H;12*1H3;;;;. The molecule has 0 saturated carbocycles. The van der Waals surface area contributed by atoms with Crippen LogP contribution in [0, 0.1) is 0 Å². The van der Waals surface area contributed by atoms with Gasteiger partial charge in [-0.25, -0.2) is 0 Å². The number of thiophene rings is 4. The molecule has 0 fully saturated rings. The average molecular weight is 1010 g/mol. The quantitative estimate of drug-likeness (QED) is 0.149. The molecule has 0 N–H and O–H groups in total. The predicted molar refractivity (Wildman–Crippen MR) is 196 cm³/mol. The molecule has 5 rings (SSSR count).